The van der Waals surface area contributed by atoms with Gasteiger partial charge in [-0.2, -0.15) is 0 Å². The molecule has 1 aliphatic rings. The number of nitrogens with one attached hydrogen (secondary N) is 1. The third kappa shape index (κ3) is 3.11. The van der Waals surface area contributed by atoms with Gasteiger partial charge in [0.25, 0.3) is 5.91 Å². The summed E-state index contributed by atoms with van der Waals surface area (Å²) < 4.78 is 20.1. The Hall–Kier alpha value is -1.50. The van der Waals surface area contributed by atoms with E-state index in [4.69, 9.17) is 10.5 Å². The Labute approximate surface area is 138 Å². The van der Waals surface area contributed by atoms with Gasteiger partial charge in [0.1, 0.15) is 5.82 Å². The molecule has 3 rings (SSSR count). The van der Waals surface area contributed by atoms with Crippen molar-refractivity contribution < 1.29 is 13.9 Å². The van der Waals surface area contributed by atoms with Crippen LogP contribution in [0, 0.1) is 11.7 Å². The first-order chi connectivity index (χ1) is 11.2. The number of carbonyl (C=O) groups excluding carboxylic acids is 1. The minimum absolute atomic E-state index is 0.109. The second-order valence-corrected chi connectivity index (χ2v) is 7.01. The Bertz CT molecular complexity index is 716. The summed E-state index contributed by atoms with van der Waals surface area (Å²) >= 11 is 1.32. The molecule has 23 heavy (non-hydrogen) atoms. The predicted molar refractivity (Wildman–Crippen MR) is 90.1 cm³/mol. The van der Waals surface area contributed by atoms with Crippen molar-refractivity contribution in [3.8, 4) is 0 Å². The molecule has 0 spiro atoms. The summed E-state index contributed by atoms with van der Waals surface area (Å²) in [5.74, 6) is -0.135. The van der Waals surface area contributed by atoms with Crippen molar-refractivity contribution in [3.63, 3.8) is 0 Å². The summed E-state index contributed by atoms with van der Waals surface area (Å²) in [5, 5.41) is 3.58. The number of methoxy groups -OCH3 is 1. The highest BCUT2D eigenvalue weighted by Gasteiger charge is 2.29. The fourth-order valence-corrected chi connectivity index (χ4v) is 4.50. The van der Waals surface area contributed by atoms with Gasteiger partial charge in [0.15, 0.2) is 0 Å². The molecule has 1 saturated carbocycles. The molecule has 0 bridgehead atoms. The number of benzene rings is 1. The molecule has 6 heteroatoms. The Balaban J connectivity index is 1.93. The van der Waals surface area contributed by atoms with Crippen LogP contribution in [0.15, 0.2) is 18.2 Å². The molecule has 1 amide bonds. The number of ether oxygens (including phenoxy) is 1. The summed E-state index contributed by atoms with van der Waals surface area (Å²) in [5.41, 5.74) is 6.41. The van der Waals surface area contributed by atoms with Gasteiger partial charge in [-0.05, 0) is 37.4 Å². The van der Waals surface area contributed by atoms with Gasteiger partial charge in [-0.25, -0.2) is 4.39 Å². The highest BCUT2D eigenvalue weighted by Crippen LogP contribution is 2.34. The van der Waals surface area contributed by atoms with E-state index in [0.29, 0.717) is 28.3 Å². The van der Waals surface area contributed by atoms with Gasteiger partial charge in [0, 0.05) is 28.8 Å². The lowest BCUT2D eigenvalue weighted by Crippen LogP contribution is -2.39. The molecule has 1 fully saturated rings. The van der Waals surface area contributed by atoms with Crippen LogP contribution in [0.4, 0.5) is 4.39 Å². The van der Waals surface area contributed by atoms with E-state index in [-0.39, 0.29) is 24.4 Å². The van der Waals surface area contributed by atoms with Crippen LogP contribution < -0.4 is 11.1 Å². The van der Waals surface area contributed by atoms with Crippen LogP contribution in [0.25, 0.3) is 10.1 Å². The van der Waals surface area contributed by atoms with E-state index in [0.717, 1.165) is 24.0 Å². The van der Waals surface area contributed by atoms with Crippen molar-refractivity contribution in [2.24, 2.45) is 11.7 Å². The van der Waals surface area contributed by atoms with E-state index in [1.165, 1.54) is 17.4 Å². The average molecular weight is 336 g/mol. The van der Waals surface area contributed by atoms with E-state index in [1.54, 1.807) is 13.2 Å². The minimum atomic E-state index is -0.314. The SMILES string of the molecule is COCc1c(C(=O)NC2CCCC2CN)sc2cccc(F)c12. The number of hydrogen-bond donors (Lipinski definition) is 2. The molecule has 3 N–H and O–H groups in total. The zero-order chi connectivity index (χ0) is 16.4. The first-order valence-electron chi connectivity index (χ1n) is 7.85. The summed E-state index contributed by atoms with van der Waals surface area (Å²) in [6, 6.07) is 5.01. The Kier molecular flexibility index (Phi) is 4.94. The predicted octanol–water partition coefficient (Wildman–Crippen LogP) is 3.04. The number of carbonyl (C=O) groups is 1. The number of amides is 1. The van der Waals surface area contributed by atoms with Crippen LogP contribution in [-0.2, 0) is 11.3 Å². The third-order valence-corrected chi connectivity index (χ3v) is 5.73. The van der Waals surface area contributed by atoms with Crippen molar-refractivity contribution >= 4 is 27.3 Å². The Morgan fingerprint density at radius 2 is 2.30 bits per heavy atom. The van der Waals surface area contributed by atoms with Gasteiger partial charge in [-0.1, -0.05) is 12.5 Å². The summed E-state index contributed by atoms with van der Waals surface area (Å²) in [6.07, 6.45) is 3.08. The first kappa shape index (κ1) is 16.4. The van der Waals surface area contributed by atoms with Crippen LogP contribution in [0.3, 0.4) is 0 Å². The van der Waals surface area contributed by atoms with Crippen molar-refractivity contribution in [1.82, 2.24) is 5.32 Å². The number of halogens is 1. The quantitative estimate of drug-likeness (QED) is 0.882. The second kappa shape index (κ2) is 6.95. The number of nitrogens with two attached hydrogens (primary N) is 1. The van der Waals surface area contributed by atoms with Gasteiger partial charge >= 0.3 is 0 Å². The third-order valence-electron chi connectivity index (χ3n) is 4.54. The lowest BCUT2D eigenvalue weighted by atomic mass is 10.0. The van der Waals surface area contributed by atoms with Crippen LogP contribution in [0.5, 0.6) is 0 Å². The van der Waals surface area contributed by atoms with E-state index in [2.05, 4.69) is 5.32 Å². The normalized spacial score (nSPS) is 21.0. The zero-order valence-corrected chi connectivity index (χ0v) is 13.9. The van der Waals surface area contributed by atoms with E-state index < -0.39 is 0 Å². The Morgan fingerprint density at radius 3 is 3.04 bits per heavy atom. The standard InChI is InChI=1S/C17H21FN2O2S/c1-22-9-11-15-12(18)5-3-7-14(15)23-16(11)17(21)20-13-6-2-4-10(13)8-19/h3,5,7,10,13H,2,4,6,8-9,19H2,1H3,(H,20,21). The highest BCUT2D eigenvalue weighted by molar-refractivity contribution is 7.21. The number of rotatable bonds is 5. The molecule has 1 aromatic carbocycles. The Morgan fingerprint density at radius 1 is 1.48 bits per heavy atom. The van der Waals surface area contributed by atoms with Crippen LogP contribution in [0.2, 0.25) is 0 Å². The molecular weight excluding hydrogens is 315 g/mol. The molecule has 124 valence electrons. The molecule has 2 aromatic rings. The summed E-state index contributed by atoms with van der Waals surface area (Å²) in [4.78, 5) is 13.3. The van der Waals surface area contributed by atoms with E-state index in [1.807, 2.05) is 6.07 Å². The minimum Gasteiger partial charge on any atom is -0.380 e. The van der Waals surface area contributed by atoms with Crippen LogP contribution in [0.1, 0.15) is 34.5 Å². The fraction of sp³-hybridized carbons (Fsp3) is 0.471. The van der Waals surface area contributed by atoms with E-state index >= 15 is 0 Å². The van der Waals surface area contributed by atoms with Gasteiger partial charge in [0.05, 0.1) is 11.5 Å². The maximum absolute atomic E-state index is 14.2. The van der Waals surface area contributed by atoms with Crippen molar-refractivity contribution in [3.05, 3.63) is 34.5 Å². The topological polar surface area (TPSA) is 64.3 Å². The van der Waals surface area contributed by atoms with Gasteiger partial charge in [0.2, 0.25) is 0 Å². The molecule has 0 saturated heterocycles. The van der Waals surface area contributed by atoms with Crippen molar-refractivity contribution in [2.75, 3.05) is 13.7 Å². The molecule has 4 nitrogen and oxygen atoms in total. The maximum Gasteiger partial charge on any atom is 0.261 e. The molecule has 1 heterocycles. The van der Waals surface area contributed by atoms with Gasteiger partial charge < -0.3 is 15.8 Å². The zero-order valence-electron chi connectivity index (χ0n) is 13.1. The molecule has 2 unspecified atom stereocenters. The molecular formula is C17H21FN2O2S. The monoisotopic (exact) mass is 336 g/mol. The maximum atomic E-state index is 14.2. The number of hydrogen-bond acceptors (Lipinski definition) is 4. The second-order valence-electron chi connectivity index (χ2n) is 5.96. The molecule has 2 atom stereocenters. The largest absolute Gasteiger partial charge is 0.380 e. The van der Waals surface area contributed by atoms with Crippen molar-refractivity contribution in [2.45, 2.75) is 31.9 Å². The smallest absolute Gasteiger partial charge is 0.261 e. The van der Waals surface area contributed by atoms with Crippen molar-refractivity contribution in [1.29, 1.82) is 0 Å². The van der Waals surface area contributed by atoms with Crippen LogP contribution in [-0.4, -0.2) is 25.6 Å². The number of thiophene rings is 1. The average Bonchev–Trinajstić information content (AvgIpc) is 3.13. The number of fused-ring (bicyclic) bond motifs is 1. The highest BCUT2D eigenvalue weighted by atomic mass is 32.1. The fourth-order valence-electron chi connectivity index (χ4n) is 3.38. The van der Waals surface area contributed by atoms with Gasteiger partial charge in [-0.15, -0.1) is 11.3 Å². The molecule has 1 aliphatic carbocycles. The van der Waals surface area contributed by atoms with Crippen LogP contribution >= 0.6 is 11.3 Å². The first-order valence-corrected chi connectivity index (χ1v) is 8.67. The van der Waals surface area contributed by atoms with Gasteiger partial charge in [-0.3, -0.25) is 4.79 Å². The lowest BCUT2D eigenvalue weighted by molar-refractivity contribution is 0.0928. The summed E-state index contributed by atoms with van der Waals surface area (Å²) in [6.45, 7) is 0.797. The molecule has 0 aliphatic heterocycles. The lowest BCUT2D eigenvalue weighted by Gasteiger charge is -2.19. The molecule has 1 aromatic heterocycles. The van der Waals surface area contributed by atoms with E-state index in [9.17, 15) is 9.18 Å². The molecule has 0 radical (unpaired) electrons. The summed E-state index contributed by atoms with van der Waals surface area (Å²) in [7, 11) is 1.55.